The lowest BCUT2D eigenvalue weighted by Gasteiger charge is -2.39. The molecule has 0 saturated carbocycles. The van der Waals surface area contributed by atoms with Gasteiger partial charge in [-0.25, -0.2) is 0 Å². The van der Waals surface area contributed by atoms with Crippen molar-refractivity contribution in [1.29, 1.82) is 0 Å². The molecule has 0 aromatic heterocycles. The van der Waals surface area contributed by atoms with E-state index in [4.69, 9.17) is 29.8 Å². The molecule has 0 bridgehead atoms. The van der Waals surface area contributed by atoms with E-state index >= 15 is 0 Å². The average Bonchev–Trinajstić information content (AvgIpc) is 2.63. The van der Waals surface area contributed by atoms with Crippen LogP contribution in [0.3, 0.4) is 0 Å². The van der Waals surface area contributed by atoms with Crippen molar-refractivity contribution in [3.63, 3.8) is 0 Å². The van der Waals surface area contributed by atoms with Crippen LogP contribution in [0.2, 0.25) is 0 Å². The molecule has 4 atom stereocenters. The molecule has 26 heavy (non-hydrogen) atoms. The fraction of sp³-hybridized carbons (Fsp3) is 0.684. The number of ether oxygens (including phenoxy) is 3. The molecule has 1 rings (SSSR count). The van der Waals surface area contributed by atoms with Gasteiger partial charge in [-0.3, -0.25) is 9.59 Å². The summed E-state index contributed by atoms with van der Waals surface area (Å²) in [6.07, 6.45) is 11.8. The molecule has 0 unspecified atom stereocenters. The first-order valence-electron chi connectivity index (χ1n) is 9.00. The maximum atomic E-state index is 11.6. The van der Waals surface area contributed by atoms with E-state index in [1.165, 1.54) is 19.3 Å². The van der Waals surface area contributed by atoms with Crippen molar-refractivity contribution in [3.05, 3.63) is 24.3 Å². The number of unbranched alkanes of at least 4 members (excludes halogenated alkanes) is 3. The minimum atomic E-state index is -0.468. The third kappa shape index (κ3) is 9.70. The SMILES string of the molecule is CCCCC/C=C/C=C/[C@@H]1OC[C@H](C)[C@H](OC)[C@H]1OC(=O)CN.O=CO. The van der Waals surface area contributed by atoms with Crippen molar-refractivity contribution in [2.45, 2.75) is 57.8 Å². The molecule has 7 nitrogen and oxygen atoms in total. The molecule has 1 aliphatic heterocycles. The van der Waals surface area contributed by atoms with Crippen LogP contribution < -0.4 is 5.73 Å². The van der Waals surface area contributed by atoms with Crippen LogP contribution in [-0.4, -0.2) is 56.1 Å². The van der Waals surface area contributed by atoms with Crippen LogP contribution in [0.4, 0.5) is 0 Å². The number of rotatable bonds is 9. The summed E-state index contributed by atoms with van der Waals surface area (Å²) in [7, 11) is 1.63. The van der Waals surface area contributed by atoms with Gasteiger partial charge in [0.1, 0.15) is 12.2 Å². The topological polar surface area (TPSA) is 108 Å². The maximum Gasteiger partial charge on any atom is 0.320 e. The van der Waals surface area contributed by atoms with Crippen molar-refractivity contribution < 1.29 is 28.9 Å². The van der Waals surface area contributed by atoms with Gasteiger partial charge < -0.3 is 25.1 Å². The number of carbonyl (C=O) groups is 2. The lowest BCUT2D eigenvalue weighted by molar-refractivity contribution is -0.189. The predicted molar refractivity (Wildman–Crippen MR) is 99.8 cm³/mol. The first kappa shape index (κ1) is 24.3. The maximum absolute atomic E-state index is 11.6. The fourth-order valence-electron chi connectivity index (χ4n) is 2.69. The van der Waals surface area contributed by atoms with Gasteiger partial charge in [0.2, 0.25) is 0 Å². The van der Waals surface area contributed by atoms with E-state index in [1.54, 1.807) is 7.11 Å². The Hall–Kier alpha value is -1.70. The second kappa shape index (κ2) is 15.5. The van der Waals surface area contributed by atoms with E-state index in [1.807, 2.05) is 25.2 Å². The number of allylic oxidation sites excluding steroid dienone is 3. The molecule has 0 radical (unpaired) electrons. The van der Waals surface area contributed by atoms with E-state index in [0.29, 0.717) is 6.61 Å². The van der Waals surface area contributed by atoms with Crippen molar-refractivity contribution >= 4 is 12.4 Å². The van der Waals surface area contributed by atoms with Crippen LogP contribution in [-0.2, 0) is 23.8 Å². The Morgan fingerprint density at radius 3 is 2.58 bits per heavy atom. The molecule has 7 heteroatoms. The predicted octanol–water partition coefficient (Wildman–Crippen LogP) is 2.30. The molecule has 0 aliphatic carbocycles. The summed E-state index contributed by atoms with van der Waals surface area (Å²) in [6.45, 7) is 4.39. The van der Waals surface area contributed by atoms with Crippen LogP contribution in [0.5, 0.6) is 0 Å². The number of carbonyl (C=O) groups excluding carboxylic acids is 1. The molecule has 0 amide bonds. The molecule has 1 heterocycles. The zero-order valence-electron chi connectivity index (χ0n) is 16.0. The van der Waals surface area contributed by atoms with Crippen molar-refractivity contribution in [2.75, 3.05) is 20.3 Å². The average molecular weight is 371 g/mol. The Morgan fingerprint density at radius 1 is 1.31 bits per heavy atom. The standard InChI is InChI=1S/C18H31NO4.CH2O2/c1-4-5-6-7-8-9-10-11-15-18(23-16(20)12-19)17(21-3)14(2)13-22-15;2-1-3/h8-11,14-15,17-18H,4-7,12-13,19H2,1-3H3;1H,(H,2,3)/b9-8+,11-10+;/t14-,15-,17-,18-;/m0./s1. The van der Waals surface area contributed by atoms with Crippen molar-refractivity contribution in [2.24, 2.45) is 11.7 Å². The lowest BCUT2D eigenvalue weighted by atomic mass is 9.93. The monoisotopic (exact) mass is 371 g/mol. The quantitative estimate of drug-likeness (QED) is 0.277. The number of hydrogen-bond acceptors (Lipinski definition) is 6. The number of hydrogen-bond donors (Lipinski definition) is 2. The second-order valence-corrected chi connectivity index (χ2v) is 6.05. The molecule has 1 aliphatic rings. The molecular formula is C19H33NO6. The number of esters is 1. The largest absolute Gasteiger partial charge is 0.483 e. The molecule has 1 saturated heterocycles. The normalized spacial score (nSPS) is 25.7. The van der Waals surface area contributed by atoms with Gasteiger partial charge in [0, 0.05) is 13.0 Å². The first-order valence-corrected chi connectivity index (χ1v) is 9.00. The van der Waals surface area contributed by atoms with E-state index in [-0.39, 0.29) is 31.1 Å². The van der Waals surface area contributed by atoms with E-state index in [2.05, 4.69) is 13.0 Å². The van der Waals surface area contributed by atoms with Gasteiger partial charge in [-0.1, -0.05) is 51.0 Å². The third-order valence-electron chi connectivity index (χ3n) is 3.99. The molecule has 1 fully saturated rings. The minimum absolute atomic E-state index is 0.144. The van der Waals surface area contributed by atoms with E-state index in [9.17, 15) is 4.79 Å². The Labute approximate surface area is 156 Å². The van der Waals surface area contributed by atoms with Gasteiger partial charge in [0.05, 0.1) is 13.2 Å². The highest BCUT2D eigenvalue weighted by atomic mass is 16.6. The summed E-state index contributed by atoms with van der Waals surface area (Å²) in [5.41, 5.74) is 5.35. The van der Waals surface area contributed by atoms with Gasteiger partial charge >= 0.3 is 5.97 Å². The number of carboxylic acid groups (broad SMARTS) is 1. The highest BCUT2D eigenvalue weighted by Gasteiger charge is 2.40. The molecule has 0 aromatic carbocycles. The smallest absolute Gasteiger partial charge is 0.320 e. The molecule has 3 N–H and O–H groups in total. The highest BCUT2D eigenvalue weighted by molar-refractivity contribution is 5.71. The molecular weight excluding hydrogens is 338 g/mol. The zero-order chi connectivity index (χ0) is 19.8. The van der Waals surface area contributed by atoms with E-state index in [0.717, 1.165) is 6.42 Å². The Kier molecular flexibility index (Phi) is 14.5. The minimum Gasteiger partial charge on any atom is -0.483 e. The summed E-state index contributed by atoms with van der Waals surface area (Å²) in [5.74, 6) is -0.284. The summed E-state index contributed by atoms with van der Waals surface area (Å²) in [5, 5.41) is 6.89. The highest BCUT2D eigenvalue weighted by Crippen LogP contribution is 2.26. The lowest BCUT2D eigenvalue weighted by Crippen LogP contribution is -2.52. The molecule has 0 spiro atoms. The summed E-state index contributed by atoms with van der Waals surface area (Å²) >= 11 is 0. The van der Waals surface area contributed by atoms with Crippen LogP contribution in [0.15, 0.2) is 24.3 Å². The van der Waals surface area contributed by atoms with Crippen LogP contribution in [0.25, 0.3) is 0 Å². The van der Waals surface area contributed by atoms with Gasteiger partial charge in [-0.15, -0.1) is 0 Å². The van der Waals surface area contributed by atoms with Crippen molar-refractivity contribution in [1.82, 2.24) is 0 Å². The Morgan fingerprint density at radius 2 is 2.00 bits per heavy atom. The molecule has 150 valence electrons. The van der Waals surface area contributed by atoms with Gasteiger partial charge in [0.15, 0.2) is 6.10 Å². The van der Waals surface area contributed by atoms with Gasteiger partial charge in [0.25, 0.3) is 6.47 Å². The van der Waals surface area contributed by atoms with Crippen LogP contribution in [0.1, 0.15) is 39.5 Å². The van der Waals surface area contributed by atoms with Gasteiger partial charge in [-0.05, 0) is 12.8 Å². The third-order valence-corrected chi connectivity index (χ3v) is 3.99. The van der Waals surface area contributed by atoms with Crippen LogP contribution >= 0.6 is 0 Å². The summed E-state index contributed by atoms with van der Waals surface area (Å²) < 4.78 is 16.8. The summed E-state index contributed by atoms with van der Waals surface area (Å²) in [4.78, 5) is 19.9. The van der Waals surface area contributed by atoms with Crippen molar-refractivity contribution in [3.8, 4) is 0 Å². The Balaban J connectivity index is 0.00000194. The first-order chi connectivity index (χ1) is 12.5. The fourth-order valence-corrected chi connectivity index (χ4v) is 2.69. The number of methoxy groups -OCH3 is 1. The summed E-state index contributed by atoms with van der Waals surface area (Å²) in [6, 6.07) is 0. The van der Waals surface area contributed by atoms with Crippen LogP contribution in [0, 0.1) is 5.92 Å². The zero-order valence-corrected chi connectivity index (χ0v) is 16.0. The Bertz CT molecular complexity index is 438. The van der Waals surface area contributed by atoms with Gasteiger partial charge in [-0.2, -0.15) is 0 Å². The number of nitrogens with two attached hydrogens (primary N) is 1. The molecule has 0 aromatic rings. The second-order valence-electron chi connectivity index (χ2n) is 6.05. The van der Waals surface area contributed by atoms with E-state index < -0.39 is 12.1 Å².